The van der Waals surface area contributed by atoms with E-state index in [-0.39, 0.29) is 29.7 Å². The highest BCUT2D eigenvalue weighted by molar-refractivity contribution is 6.01. The maximum absolute atomic E-state index is 14.5. The Morgan fingerprint density at radius 2 is 1.60 bits per heavy atom. The molecule has 2 aliphatic rings. The Balaban J connectivity index is 1.18. The van der Waals surface area contributed by atoms with Crippen LogP contribution in [0.1, 0.15) is 52.0 Å². The monoisotopic (exact) mass is 723 g/mol. The molecule has 5 N–H and O–H groups in total. The number of aromatic nitrogens is 3. The number of carbonyl (C=O) groups excluding carboxylic acids is 3. The highest BCUT2D eigenvalue weighted by Gasteiger charge is 2.36. The van der Waals surface area contributed by atoms with Crippen molar-refractivity contribution in [1.82, 2.24) is 20.5 Å². The Kier molecular flexibility index (Phi) is 11.6. The second-order valence-electron chi connectivity index (χ2n) is 14.9. The van der Waals surface area contributed by atoms with Crippen LogP contribution in [0.2, 0.25) is 0 Å². The topological polar surface area (TPSA) is 176 Å². The third-order valence-corrected chi connectivity index (χ3v) is 9.86. The van der Waals surface area contributed by atoms with E-state index in [2.05, 4.69) is 31.5 Å². The molecule has 13 heteroatoms. The lowest BCUT2D eigenvalue weighted by atomic mass is 9.81. The summed E-state index contributed by atoms with van der Waals surface area (Å²) in [5.74, 6) is 0.0191. The third-order valence-electron chi connectivity index (χ3n) is 9.86. The summed E-state index contributed by atoms with van der Waals surface area (Å²) < 4.78 is 10.8. The molecule has 1 atom stereocenters. The van der Waals surface area contributed by atoms with Crippen LogP contribution in [0.15, 0.2) is 77.7 Å². The molecule has 2 aromatic heterocycles. The number of rotatable bonds is 11. The first-order valence-electron chi connectivity index (χ1n) is 18.3. The van der Waals surface area contributed by atoms with Gasteiger partial charge < -0.3 is 25.4 Å². The number of nitrogens with one attached hydrogen (secondary N) is 3. The standard InChI is InChI=1S/C40H49N7O6/c1-40(2,3)53-39(51)43-24-27-6-10-30(11-7-27)38(50)47(32-15-12-29(13-16-32)33-23-36(48)45-44-33)34(37(41)49)22-26-4-8-28(9-5-26)31-14-17-35(42-25-31)46-18-20-52-21-19-46/h4-5,8-9,12-17,23,25,27,30,34H,6-7,10-11,18-22,24H2,1-3H3,(H2,41,49)(H,43,51)(H2,44,45,48)/t27?,30?,34-/m0/s1. The van der Waals surface area contributed by atoms with Crippen molar-refractivity contribution < 1.29 is 23.9 Å². The highest BCUT2D eigenvalue weighted by atomic mass is 16.6. The molecule has 13 nitrogen and oxygen atoms in total. The Hall–Kier alpha value is -5.43. The first-order valence-corrected chi connectivity index (χ1v) is 18.3. The van der Waals surface area contributed by atoms with Gasteiger partial charge in [0.15, 0.2) is 0 Å². The molecule has 0 spiro atoms. The number of morpholine rings is 1. The van der Waals surface area contributed by atoms with E-state index in [9.17, 15) is 19.2 Å². The van der Waals surface area contributed by atoms with Gasteiger partial charge in [0, 0.05) is 55.5 Å². The maximum Gasteiger partial charge on any atom is 0.407 e. The number of nitrogens with zero attached hydrogens (tertiary/aromatic N) is 3. The van der Waals surface area contributed by atoms with Crippen LogP contribution in [0.5, 0.6) is 0 Å². The molecule has 53 heavy (non-hydrogen) atoms. The van der Waals surface area contributed by atoms with Crippen LogP contribution >= 0.6 is 0 Å². The van der Waals surface area contributed by atoms with Crippen molar-refractivity contribution in [3.8, 4) is 22.4 Å². The lowest BCUT2D eigenvalue weighted by Crippen LogP contribution is -2.52. The normalized spacial score (nSPS) is 18.2. The zero-order chi connectivity index (χ0) is 37.5. The summed E-state index contributed by atoms with van der Waals surface area (Å²) in [5, 5.41) is 8.25. The van der Waals surface area contributed by atoms with Crippen molar-refractivity contribution in [2.45, 2.75) is 64.5 Å². The van der Waals surface area contributed by atoms with Gasteiger partial charge >= 0.3 is 6.09 Å². The zero-order valence-corrected chi connectivity index (χ0v) is 30.6. The lowest BCUT2D eigenvalue weighted by Gasteiger charge is -2.36. The van der Waals surface area contributed by atoms with Crippen LogP contribution in [0.25, 0.3) is 22.4 Å². The molecule has 0 bridgehead atoms. The predicted molar refractivity (Wildman–Crippen MR) is 203 cm³/mol. The minimum Gasteiger partial charge on any atom is -0.444 e. The fourth-order valence-corrected chi connectivity index (χ4v) is 7.01. The van der Waals surface area contributed by atoms with E-state index < -0.39 is 23.6 Å². The number of nitrogens with two attached hydrogens (primary N) is 1. The summed E-state index contributed by atoms with van der Waals surface area (Å²) >= 11 is 0. The Labute approximate surface area is 309 Å². The van der Waals surface area contributed by atoms with E-state index >= 15 is 0 Å². The van der Waals surface area contributed by atoms with Gasteiger partial charge in [-0.25, -0.2) is 9.78 Å². The molecule has 1 aliphatic carbocycles. The van der Waals surface area contributed by atoms with Gasteiger partial charge in [-0.05, 0) is 93.3 Å². The van der Waals surface area contributed by atoms with Crippen LogP contribution in [0.4, 0.5) is 16.3 Å². The number of benzene rings is 2. The number of aromatic amines is 2. The van der Waals surface area contributed by atoms with Crippen LogP contribution in [0.3, 0.4) is 0 Å². The van der Waals surface area contributed by atoms with E-state index in [0.717, 1.165) is 54.0 Å². The second kappa shape index (κ2) is 16.5. The number of alkyl carbamates (subject to hydrolysis) is 1. The maximum atomic E-state index is 14.5. The molecule has 4 aromatic rings. The molecule has 0 unspecified atom stereocenters. The number of pyridine rings is 1. The van der Waals surface area contributed by atoms with Gasteiger partial charge in [-0.2, -0.15) is 0 Å². The minimum absolute atomic E-state index is 0.168. The fourth-order valence-electron chi connectivity index (χ4n) is 7.01. The molecule has 1 saturated carbocycles. The van der Waals surface area contributed by atoms with Gasteiger partial charge in [-0.3, -0.25) is 29.5 Å². The van der Waals surface area contributed by atoms with Crippen LogP contribution in [-0.2, 0) is 25.5 Å². The van der Waals surface area contributed by atoms with E-state index in [1.807, 2.05) is 57.3 Å². The molecular weight excluding hydrogens is 674 g/mol. The molecule has 2 aromatic carbocycles. The summed E-state index contributed by atoms with van der Waals surface area (Å²) in [5.41, 5.74) is 9.96. The molecule has 1 aliphatic heterocycles. The number of ether oxygens (including phenoxy) is 2. The zero-order valence-electron chi connectivity index (χ0n) is 30.6. The fraction of sp³-hybridized carbons (Fsp3) is 0.425. The molecule has 6 rings (SSSR count). The number of hydrogen-bond acceptors (Lipinski definition) is 8. The number of amides is 3. The average molecular weight is 724 g/mol. The van der Waals surface area contributed by atoms with Crippen molar-refractivity contribution in [2.75, 3.05) is 42.6 Å². The summed E-state index contributed by atoms with van der Waals surface area (Å²) in [6, 6.07) is 19.6. The van der Waals surface area contributed by atoms with E-state index in [4.69, 9.17) is 15.2 Å². The van der Waals surface area contributed by atoms with Crippen molar-refractivity contribution in [3.63, 3.8) is 0 Å². The largest absolute Gasteiger partial charge is 0.444 e. The molecule has 3 heterocycles. The molecule has 0 radical (unpaired) electrons. The van der Waals surface area contributed by atoms with Gasteiger partial charge in [0.2, 0.25) is 11.8 Å². The number of H-pyrrole nitrogens is 2. The Bertz CT molecular complexity index is 1900. The third kappa shape index (κ3) is 9.72. The lowest BCUT2D eigenvalue weighted by molar-refractivity contribution is -0.127. The smallest absolute Gasteiger partial charge is 0.407 e. The van der Waals surface area contributed by atoms with Crippen molar-refractivity contribution >= 4 is 29.4 Å². The number of anilines is 2. The van der Waals surface area contributed by atoms with E-state index in [0.29, 0.717) is 44.0 Å². The molecule has 3 amide bonds. The predicted octanol–water partition coefficient (Wildman–Crippen LogP) is 5.03. The van der Waals surface area contributed by atoms with E-state index in [1.165, 1.54) is 6.07 Å². The van der Waals surface area contributed by atoms with Crippen LogP contribution in [-0.4, -0.2) is 77.6 Å². The van der Waals surface area contributed by atoms with Gasteiger partial charge in [-0.1, -0.05) is 36.4 Å². The molecule has 2 fully saturated rings. The SMILES string of the molecule is CC(C)(C)OC(=O)NCC1CCC(C(=O)N(c2ccc(-c3cc(=O)[nH][nH]3)cc2)[C@@H](Cc2ccc(-c3ccc(N4CCOCC4)nc3)cc2)C(N)=O)CC1. The van der Waals surface area contributed by atoms with Gasteiger partial charge in [0.1, 0.15) is 17.5 Å². The molecule has 280 valence electrons. The highest BCUT2D eigenvalue weighted by Crippen LogP contribution is 2.33. The molecule has 1 saturated heterocycles. The average Bonchev–Trinajstić information content (AvgIpc) is 3.60. The minimum atomic E-state index is -0.952. The molecular formula is C40H49N7O6. The summed E-state index contributed by atoms with van der Waals surface area (Å²) in [6.07, 6.45) is 4.33. The number of carbonyl (C=O) groups is 3. The quantitative estimate of drug-likeness (QED) is 0.167. The van der Waals surface area contributed by atoms with Gasteiger partial charge in [0.05, 0.1) is 18.9 Å². The van der Waals surface area contributed by atoms with Gasteiger partial charge in [0.25, 0.3) is 5.56 Å². The van der Waals surface area contributed by atoms with Crippen molar-refractivity contribution in [1.29, 1.82) is 0 Å². The summed E-state index contributed by atoms with van der Waals surface area (Å²) in [7, 11) is 0. The van der Waals surface area contributed by atoms with Crippen LogP contribution < -0.4 is 26.4 Å². The first kappa shape index (κ1) is 37.3. The number of hydrogen-bond donors (Lipinski definition) is 4. The van der Waals surface area contributed by atoms with Crippen molar-refractivity contribution in [3.05, 3.63) is 88.8 Å². The van der Waals surface area contributed by atoms with Gasteiger partial charge in [-0.15, -0.1) is 0 Å². The van der Waals surface area contributed by atoms with E-state index in [1.54, 1.807) is 29.2 Å². The first-order chi connectivity index (χ1) is 25.4. The number of primary amides is 1. The van der Waals surface area contributed by atoms with Crippen molar-refractivity contribution in [2.24, 2.45) is 17.6 Å². The Morgan fingerprint density at radius 3 is 2.19 bits per heavy atom. The summed E-state index contributed by atoms with van der Waals surface area (Å²) in [6.45, 7) is 8.94. The second-order valence-corrected chi connectivity index (χ2v) is 14.9. The van der Waals surface area contributed by atoms with Crippen LogP contribution in [0, 0.1) is 11.8 Å². The Morgan fingerprint density at radius 1 is 0.943 bits per heavy atom. The summed E-state index contributed by atoms with van der Waals surface area (Å²) in [4.78, 5) is 60.1.